The summed E-state index contributed by atoms with van der Waals surface area (Å²) >= 11 is 0. The molecule has 104 valence electrons. The molecule has 0 aromatic heterocycles. The zero-order valence-corrected chi connectivity index (χ0v) is 11.7. The third-order valence-electron chi connectivity index (χ3n) is 4.91. The van der Waals surface area contributed by atoms with Crippen molar-refractivity contribution >= 4 is 5.97 Å². The number of hydrogen-bond donors (Lipinski definition) is 1. The van der Waals surface area contributed by atoms with Crippen LogP contribution in [0, 0.1) is 5.92 Å². The number of likely N-dealkylation sites (tertiary alicyclic amines) is 1. The average Bonchev–Trinajstić information content (AvgIpc) is 2.71. The van der Waals surface area contributed by atoms with Gasteiger partial charge in [-0.15, -0.1) is 0 Å². The summed E-state index contributed by atoms with van der Waals surface area (Å²) in [4.78, 5) is 13.6. The van der Waals surface area contributed by atoms with Crippen LogP contribution >= 0.6 is 0 Å². The Kier molecular flexibility index (Phi) is 3.97. The van der Waals surface area contributed by atoms with Crippen LogP contribution in [0.5, 0.6) is 0 Å². The van der Waals surface area contributed by atoms with Gasteiger partial charge >= 0.3 is 5.97 Å². The fourth-order valence-electron chi connectivity index (χ4n) is 3.44. The highest BCUT2D eigenvalue weighted by molar-refractivity contribution is 5.71. The zero-order chi connectivity index (χ0) is 13.3. The molecule has 4 heteroatoms. The van der Waals surface area contributed by atoms with Crippen molar-refractivity contribution in [3.8, 4) is 0 Å². The SMILES string of the molecule is CCC1(C)CC(N2CCC(C(=O)O)C2C)CCO1. The van der Waals surface area contributed by atoms with E-state index >= 15 is 0 Å². The molecule has 2 rings (SSSR count). The number of carbonyl (C=O) groups is 1. The number of rotatable bonds is 3. The van der Waals surface area contributed by atoms with Gasteiger partial charge in [-0.05, 0) is 46.1 Å². The predicted octanol–water partition coefficient (Wildman–Crippen LogP) is 2.13. The molecular weight excluding hydrogens is 230 g/mol. The molecule has 0 bridgehead atoms. The van der Waals surface area contributed by atoms with E-state index in [1.807, 2.05) is 0 Å². The monoisotopic (exact) mass is 255 g/mol. The summed E-state index contributed by atoms with van der Waals surface area (Å²) in [6.07, 6.45) is 3.87. The Morgan fingerprint density at radius 3 is 2.78 bits per heavy atom. The maximum Gasteiger partial charge on any atom is 0.308 e. The van der Waals surface area contributed by atoms with Crippen LogP contribution in [-0.4, -0.2) is 46.8 Å². The topological polar surface area (TPSA) is 49.8 Å². The lowest BCUT2D eigenvalue weighted by molar-refractivity contribution is -0.142. The number of aliphatic carboxylic acids is 1. The van der Waals surface area contributed by atoms with Gasteiger partial charge in [-0.25, -0.2) is 0 Å². The van der Waals surface area contributed by atoms with Crippen molar-refractivity contribution in [3.05, 3.63) is 0 Å². The summed E-state index contributed by atoms with van der Waals surface area (Å²) in [5.41, 5.74) is -0.0239. The van der Waals surface area contributed by atoms with E-state index in [-0.39, 0.29) is 17.6 Å². The van der Waals surface area contributed by atoms with E-state index in [1.165, 1.54) is 0 Å². The highest BCUT2D eigenvalue weighted by Crippen LogP contribution is 2.35. The molecule has 2 fully saturated rings. The number of carboxylic acids is 1. The highest BCUT2D eigenvalue weighted by atomic mass is 16.5. The largest absolute Gasteiger partial charge is 0.481 e. The Morgan fingerprint density at radius 2 is 2.22 bits per heavy atom. The van der Waals surface area contributed by atoms with Gasteiger partial charge < -0.3 is 9.84 Å². The summed E-state index contributed by atoms with van der Waals surface area (Å²) in [6, 6.07) is 0.648. The van der Waals surface area contributed by atoms with Gasteiger partial charge in [0.15, 0.2) is 0 Å². The van der Waals surface area contributed by atoms with Gasteiger partial charge in [-0.1, -0.05) is 6.92 Å². The van der Waals surface area contributed by atoms with E-state index in [0.717, 1.165) is 38.8 Å². The van der Waals surface area contributed by atoms with Gasteiger partial charge in [0.05, 0.1) is 11.5 Å². The Labute approximate surface area is 109 Å². The lowest BCUT2D eigenvalue weighted by Gasteiger charge is -2.43. The number of ether oxygens (including phenoxy) is 1. The molecule has 4 atom stereocenters. The standard InChI is InChI=1S/C14H25NO3/c1-4-14(3)9-11(6-8-18-14)15-7-5-12(10(15)2)13(16)17/h10-12H,4-9H2,1-3H3,(H,16,17). The van der Waals surface area contributed by atoms with Crippen molar-refractivity contribution in [2.75, 3.05) is 13.2 Å². The molecule has 0 spiro atoms. The summed E-state index contributed by atoms with van der Waals surface area (Å²) in [5.74, 6) is -0.837. The normalized spacial score (nSPS) is 42.1. The van der Waals surface area contributed by atoms with Crippen LogP contribution in [0.2, 0.25) is 0 Å². The zero-order valence-electron chi connectivity index (χ0n) is 11.7. The molecule has 0 radical (unpaired) electrons. The Bertz CT molecular complexity index is 320. The van der Waals surface area contributed by atoms with Crippen LogP contribution in [-0.2, 0) is 9.53 Å². The Balaban J connectivity index is 2.02. The van der Waals surface area contributed by atoms with E-state index in [1.54, 1.807) is 0 Å². The summed E-state index contributed by atoms with van der Waals surface area (Å²) in [6.45, 7) is 8.12. The van der Waals surface area contributed by atoms with Crippen molar-refractivity contribution in [1.82, 2.24) is 4.90 Å². The van der Waals surface area contributed by atoms with E-state index < -0.39 is 5.97 Å². The second-order valence-electron chi connectivity index (χ2n) is 6.01. The summed E-state index contributed by atoms with van der Waals surface area (Å²) in [7, 11) is 0. The number of hydrogen-bond acceptors (Lipinski definition) is 3. The van der Waals surface area contributed by atoms with Crippen LogP contribution < -0.4 is 0 Å². The summed E-state index contributed by atoms with van der Waals surface area (Å²) in [5, 5.41) is 9.20. The molecule has 0 aromatic carbocycles. The minimum absolute atomic E-state index is 0.0239. The van der Waals surface area contributed by atoms with Crippen LogP contribution in [0.1, 0.15) is 46.5 Å². The first-order valence-corrected chi connectivity index (χ1v) is 7.09. The third kappa shape index (κ3) is 2.54. The lowest BCUT2D eigenvalue weighted by Crippen LogP contribution is -2.49. The van der Waals surface area contributed by atoms with Gasteiger partial charge in [0.1, 0.15) is 0 Å². The van der Waals surface area contributed by atoms with Crippen molar-refractivity contribution in [2.24, 2.45) is 5.92 Å². The maximum atomic E-state index is 11.2. The first kappa shape index (κ1) is 13.8. The van der Waals surface area contributed by atoms with E-state index in [2.05, 4.69) is 25.7 Å². The maximum absolute atomic E-state index is 11.2. The molecule has 0 aliphatic carbocycles. The second kappa shape index (κ2) is 5.17. The summed E-state index contributed by atoms with van der Waals surface area (Å²) < 4.78 is 5.87. The predicted molar refractivity (Wildman–Crippen MR) is 69.6 cm³/mol. The quantitative estimate of drug-likeness (QED) is 0.839. The minimum atomic E-state index is -0.643. The van der Waals surface area contributed by atoms with Crippen LogP contribution in [0.25, 0.3) is 0 Å². The van der Waals surface area contributed by atoms with Crippen molar-refractivity contribution in [1.29, 1.82) is 0 Å². The lowest BCUT2D eigenvalue weighted by atomic mass is 9.88. The molecule has 0 amide bonds. The molecule has 0 saturated carbocycles. The van der Waals surface area contributed by atoms with E-state index in [4.69, 9.17) is 4.74 Å². The average molecular weight is 255 g/mol. The number of carboxylic acid groups (broad SMARTS) is 1. The molecule has 4 unspecified atom stereocenters. The molecule has 2 saturated heterocycles. The van der Waals surface area contributed by atoms with E-state index in [9.17, 15) is 9.90 Å². The fourth-order valence-corrected chi connectivity index (χ4v) is 3.44. The van der Waals surface area contributed by atoms with Crippen molar-refractivity contribution in [2.45, 2.75) is 64.1 Å². The van der Waals surface area contributed by atoms with Crippen LogP contribution in [0.4, 0.5) is 0 Å². The molecule has 0 aromatic rings. The van der Waals surface area contributed by atoms with Gasteiger partial charge in [0.25, 0.3) is 0 Å². The van der Waals surface area contributed by atoms with Crippen LogP contribution in [0.3, 0.4) is 0 Å². The van der Waals surface area contributed by atoms with Gasteiger partial charge in [0, 0.05) is 18.7 Å². The van der Waals surface area contributed by atoms with Crippen molar-refractivity contribution in [3.63, 3.8) is 0 Å². The smallest absolute Gasteiger partial charge is 0.308 e. The fraction of sp³-hybridized carbons (Fsp3) is 0.929. The van der Waals surface area contributed by atoms with Crippen LogP contribution in [0.15, 0.2) is 0 Å². The highest BCUT2D eigenvalue weighted by Gasteiger charge is 2.42. The second-order valence-corrected chi connectivity index (χ2v) is 6.01. The molecule has 2 aliphatic heterocycles. The van der Waals surface area contributed by atoms with E-state index in [0.29, 0.717) is 6.04 Å². The third-order valence-corrected chi connectivity index (χ3v) is 4.91. The van der Waals surface area contributed by atoms with Gasteiger partial charge in [-0.3, -0.25) is 9.69 Å². The molecule has 4 nitrogen and oxygen atoms in total. The molecule has 1 N–H and O–H groups in total. The van der Waals surface area contributed by atoms with Crippen molar-refractivity contribution < 1.29 is 14.6 Å². The Hall–Kier alpha value is -0.610. The Morgan fingerprint density at radius 1 is 1.50 bits per heavy atom. The van der Waals surface area contributed by atoms with Gasteiger partial charge in [-0.2, -0.15) is 0 Å². The molecular formula is C14H25NO3. The van der Waals surface area contributed by atoms with Gasteiger partial charge in [0.2, 0.25) is 0 Å². The number of nitrogens with zero attached hydrogens (tertiary/aromatic N) is 1. The molecule has 18 heavy (non-hydrogen) atoms. The molecule has 2 heterocycles. The first-order valence-electron chi connectivity index (χ1n) is 7.09. The minimum Gasteiger partial charge on any atom is -0.481 e. The first-order chi connectivity index (χ1) is 8.47. The molecule has 2 aliphatic rings.